The predicted octanol–water partition coefficient (Wildman–Crippen LogP) is 2.36. The van der Waals surface area contributed by atoms with Crippen LogP contribution in [0.15, 0.2) is 0 Å². The minimum atomic E-state index is -0.725. The number of carbonyl (C=O) groups is 1. The Morgan fingerprint density at radius 3 is 1.55 bits per heavy atom. The van der Waals surface area contributed by atoms with E-state index in [0.29, 0.717) is 0 Å². The minimum Gasteiger partial charge on any atom is -0.444 e. The molecule has 72 valence electrons. The Morgan fingerprint density at radius 2 is 1.55 bits per heavy atom. The zero-order chi connectivity index (χ0) is 6.78. The summed E-state index contributed by atoms with van der Waals surface area (Å²) in [4.78, 5) is 10.0. The van der Waals surface area contributed by atoms with Crippen molar-refractivity contribution in [3.8, 4) is 0 Å². The lowest BCUT2D eigenvalue weighted by molar-refractivity contribution is 0.0600. The van der Waals surface area contributed by atoms with Crippen LogP contribution >= 0.6 is 24.8 Å². The third-order valence-electron chi connectivity index (χ3n) is 0.407. The zero-order valence-electron chi connectivity index (χ0n) is 6.21. The molecule has 0 aliphatic heterocycles. The van der Waals surface area contributed by atoms with Crippen molar-refractivity contribution in [2.45, 2.75) is 33.8 Å². The van der Waals surface area contributed by atoms with Gasteiger partial charge in [0.1, 0.15) is 5.60 Å². The highest BCUT2D eigenvalue weighted by molar-refractivity contribution is 5.85. The van der Waals surface area contributed by atoms with Crippen molar-refractivity contribution < 1.29 is 9.53 Å². The standard InChI is InChI=1S/C5H11NO2.CH4.2ClH/c1-5(2,3)8-4(6)7;;;/h1-3H3,(H2,6,7);1H4;2*1H. The first-order valence-corrected chi connectivity index (χ1v) is 2.40. The Hall–Kier alpha value is -0.150. The molecule has 11 heavy (non-hydrogen) atoms. The van der Waals surface area contributed by atoms with Crippen molar-refractivity contribution in [1.82, 2.24) is 0 Å². The van der Waals surface area contributed by atoms with E-state index in [4.69, 9.17) is 5.73 Å². The average molecular weight is 206 g/mol. The molecule has 0 aromatic rings. The normalized spacial score (nSPS) is 7.91. The Labute approximate surface area is 80.5 Å². The first-order chi connectivity index (χ1) is 3.42. The molecule has 0 aromatic heterocycles. The summed E-state index contributed by atoms with van der Waals surface area (Å²) in [5.41, 5.74) is 4.26. The molecule has 0 saturated carbocycles. The smallest absolute Gasteiger partial charge is 0.405 e. The van der Waals surface area contributed by atoms with Crippen LogP contribution in [0.4, 0.5) is 4.79 Å². The minimum absolute atomic E-state index is 0. The lowest BCUT2D eigenvalue weighted by Crippen LogP contribution is -2.27. The molecule has 0 saturated heterocycles. The number of amides is 1. The fourth-order valence-corrected chi connectivity index (χ4v) is 0.302. The van der Waals surface area contributed by atoms with Crippen molar-refractivity contribution >= 4 is 30.9 Å². The number of rotatable bonds is 0. The van der Waals surface area contributed by atoms with Gasteiger partial charge in [-0.3, -0.25) is 0 Å². The lowest BCUT2D eigenvalue weighted by Gasteiger charge is -2.16. The summed E-state index contributed by atoms with van der Waals surface area (Å²) in [7, 11) is 0. The topological polar surface area (TPSA) is 52.3 Å². The molecule has 0 spiro atoms. The molecule has 0 aliphatic carbocycles. The quantitative estimate of drug-likeness (QED) is 0.661. The molecule has 3 nitrogen and oxygen atoms in total. The molecule has 0 heterocycles. The number of nitrogens with two attached hydrogens (primary N) is 1. The molecular weight excluding hydrogens is 189 g/mol. The van der Waals surface area contributed by atoms with Gasteiger partial charge in [0, 0.05) is 0 Å². The van der Waals surface area contributed by atoms with Gasteiger partial charge >= 0.3 is 6.09 Å². The van der Waals surface area contributed by atoms with E-state index < -0.39 is 11.7 Å². The number of ether oxygens (including phenoxy) is 1. The van der Waals surface area contributed by atoms with Gasteiger partial charge in [0.2, 0.25) is 0 Å². The molecule has 0 bridgehead atoms. The maximum atomic E-state index is 10.0. The summed E-state index contributed by atoms with van der Waals surface area (Å²) >= 11 is 0. The summed E-state index contributed by atoms with van der Waals surface area (Å²) in [6.07, 6.45) is -0.725. The summed E-state index contributed by atoms with van der Waals surface area (Å²) in [5.74, 6) is 0. The second-order valence-corrected chi connectivity index (χ2v) is 2.53. The third kappa shape index (κ3) is 25.8. The van der Waals surface area contributed by atoms with E-state index in [1.807, 2.05) is 0 Å². The molecule has 0 aliphatic rings. The molecule has 0 fully saturated rings. The maximum Gasteiger partial charge on any atom is 0.405 e. The van der Waals surface area contributed by atoms with Gasteiger partial charge in [-0.25, -0.2) is 4.79 Å². The van der Waals surface area contributed by atoms with Crippen LogP contribution in [0.3, 0.4) is 0 Å². The largest absolute Gasteiger partial charge is 0.444 e. The van der Waals surface area contributed by atoms with Gasteiger partial charge in [-0.2, -0.15) is 0 Å². The van der Waals surface area contributed by atoms with Crippen LogP contribution < -0.4 is 5.73 Å². The number of hydrogen-bond donors (Lipinski definition) is 1. The fourth-order valence-electron chi connectivity index (χ4n) is 0.302. The molecule has 0 aromatic carbocycles. The van der Waals surface area contributed by atoms with E-state index >= 15 is 0 Å². The van der Waals surface area contributed by atoms with Gasteiger partial charge in [0.05, 0.1) is 0 Å². The number of carbonyl (C=O) groups excluding carboxylic acids is 1. The van der Waals surface area contributed by atoms with E-state index in [1.165, 1.54) is 0 Å². The Balaban J connectivity index is -0.0000000817. The van der Waals surface area contributed by atoms with Crippen molar-refractivity contribution in [1.29, 1.82) is 0 Å². The number of hydrogen-bond acceptors (Lipinski definition) is 2. The molecule has 1 amide bonds. The third-order valence-corrected chi connectivity index (χ3v) is 0.407. The van der Waals surface area contributed by atoms with Crippen LogP contribution in [0.1, 0.15) is 28.2 Å². The van der Waals surface area contributed by atoms with Crippen LogP contribution in [0.2, 0.25) is 0 Å². The second-order valence-electron chi connectivity index (χ2n) is 2.53. The first kappa shape index (κ1) is 22.4. The van der Waals surface area contributed by atoms with Gasteiger partial charge in [0.15, 0.2) is 0 Å². The number of halogens is 2. The maximum absolute atomic E-state index is 10.0. The van der Waals surface area contributed by atoms with Gasteiger partial charge in [-0.15, -0.1) is 24.8 Å². The van der Waals surface area contributed by atoms with Crippen LogP contribution in [-0.2, 0) is 4.74 Å². The Kier molecular flexibility index (Phi) is 16.2. The van der Waals surface area contributed by atoms with Crippen LogP contribution in [0, 0.1) is 0 Å². The average Bonchev–Trinajstić information content (AvgIpc) is 1.21. The molecular formula is C6H17Cl2NO2. The van der Waals surface area contributed by atoms with Gasteiger partial charge in [-0.05, 0) is 20.8 Å². The molecule has 0 radical (unpaired) electrons. The summed E-state index contributed by atoms with van der Waals surface area (Å²) in [5, 5.41) is 0. The van der Waals surface area contributed by atoms with Crippen LogP contribution in [-0.4, -0.2) is 11.7 Å². The van der Waals surface area contributed by atoms with Gasteiger partial charge in [-0.1, -0.05) is 7.43 Å². The van der Waals surface area contributed by atoms with Gasteiger partial charge in [0.25, 0.3) is 0 Å². The van der Waals surface area contributed by atoms with Gasteiger partial charge < -0.3 is 10.5 Å². The highest BCUT2D eigenvalue weighted by Gasteiger charge is 2.12. The van der Waals surface area contributed by atoms with E-state index in [-0.39, 0.29) is 32.2 Å². The van der Waals surface area contributed by atoms with E-state index in [9.17, 15) is 4.79 Å². The lowest BCUT2D eigenvalue weighted by atomic mass is 10.2. The second kappa shape index (κ2) is 7.95. The molecule has 0 unspecified atom stereocenters. The highest BCUT2D eigenvalue weighted by atomic mass is 35.5. The zero-order valence-corrected chi connectivity index (χ0v) is 7.84. The van der Waals surface area contributed by atoms with E-state index in [0.717, 1.165) is 0 Å². The summed E-state index contributed by atoms with van der Waals surface area (Å²) in [6, 6.07) is 0. The van der Waals surface area contributed by atoms with E-state index in [2.05, 4.69) is 4.74 Å². The van der Waals surface area contributed by atoms with Crippen LogP contribution in [0.25, 0.3) is 0 Å². The van der Waals surface area contributed by atoms with Crippen molar-refractivity contribution in [2.75, 3.05) is 0 Å². The molecule has 5 heteroatoms. The van der Waals surface area contributed by atoms with Crippen molar-refractivity contribution in [2.24, 2.45) is 5.73 Å². The first-order valence-electron chi connectivity index (χ1n) is 2.40. The fraction of sp³-hybridized carbons (Fsp3) is 0.833. The summed E-state index contributed by atoms with van der Waals surface area (Å²) in [6.45, 7) is 5.28. The molecule has 2 N–H and O–H groups in total. The van der Waals surface area contributed by atoms with Crippen molar-refractivity contribution in [3.63, 3.8) is 0 Å². The van der Waals surface area contributed by atoms with Crippen LogP contribution in [0.5, 0.6) is 0 Å². The number of primary amides is 1. The highest BCUT2D eigenvalue weighted by Crippen LogP contribution is 2.04. The molecule has 0 atom stereocenters. The monoisotopic (exact) mass is 205 g/mol. The predicted molar refractivity (Wildman–Crippen MR) is 51.6 cm³/mol. The Morgan fingerprint density at radius 1 is 1.27 bits per heavy atom. The van der Waals surface area contributed by atoms with E-state index in [1.54, 1.807) is 20.8 Å². The van der Waals surface area contributed by atoms with Crippen molar-refractivity contribution in [3.05, 3.63) is 0 Å². The SMILES string of the molecule is C.CC(C)(C)OC(N)=O.Cl.Cl. The summed E-state index contributed by atoms with van der Waals surface area (Å²) < 4.78 is 4.58. The molecule has 0 rings (SSSR count). The Bertz CT molecular complexity index is 101.